The van der Waals surface area contributed by atoms with Crippen LogP contribution in [0, 0.1) is 0 Å². The van der Waals surface area contributed by atoms with Crippen molar-refractivity contribution in [3.8, 4) is 11.5 Å². The van der Waals surface area contributed by atoms with Crippen molar-refractivity contribution in [3.05, 3.63) is 71.8 Å². The number of fused-ring (bicyclic) bond motifs is 2. The number of carbonyl (C=O) groups excluding carboxylic acids is 1. The van der Waals surface area contributed by atoms with E-state index in [2.05, 4.69) is 29.6 Å². The maximum atomic E-state index is 12.5. The largest absolute Gasteiger partial charge is 0.454 e. The lowest BCUT2D eigenvalue weighted by atomic mass is 10.0. The van der Waals surface area contributed by atoms with E-state index in [1.807, 2.05) is 25.1 Å². The van der Waals surface area contributed by atoms with Gasteiger partial charge in [-0.05, 0) is 47.5 Å². The third kappa shape index (κ3) is 2.67. The summed E-state index contributed by atoms with van der Waals surface area (Å²) in [5.74, 6) is 1.16. The molecule has 1 atom stereocenters. The van der Waals surface area contributed by atoms with E-state index in [9.17, 15) is 4.79 Å². The number of amides is 1. The molecule has 1 N–H and O–H groups in total. The summed E-state index contributed by atoms with van der Waals surface area (Å²) in [6, 6.07) is 19.6. The number of rotatable bonds is 3. The molecule has 0 aromatic heterocycles. The van der Waals surface area contributed by atoms with Crippen molar-refractivity contribution in [2.75, 3.05) is 6.79 Å². The van der Waals surface area contributed by atoms with Gasteiger partial charge in [0.2, 0.25) is 6.79 Å². The van der Waals surface area contributed by atoms with Gasteiger partial charge >= 0.3 is 0 Å². The summed E-state index contributed by atoms with van der Waals surface area (Å²) in [5, 5.41) is 5.39. The van der Waals surface area contributed by atoms with E-state index < -0.39 is 0 Å². The van der Waals surface area contributed by atoms with E-state index in [1.54, 1.807) is 18.2 Å². The molecule has 0 fully saturated rings. The summed E-state index contributed by atoms with van der Waals surface area (Å²) in [7, 11) is 0. The predicted octanol–water partition coefficient (Wildman–Crippen LogP) is 4.06. The average molecular weight is 319 g/mol. The molecule has 120 valence electrons. The van der Waals surface area contributed by atoms with Gasteiger partial charge < -0.3 is 14.8 Å². The Morgan fingerprint density at radius 2 is 1.75 bits per heavy atom. The first-order valence-corrected chi connectivity index (χ1v) is 7.90. The zero-order valence-corrected chi connectivity index (χ0v) is 13.3. The van der Waals surface area contributed by atoms with Crippen molar-refractivity contribution < 1.29 is 14.3 Å². The van der Waals surface area contributed by atoms with Gasteiger partial charge in [-0.15, -0.1) is 0 Å². The van der Waals surface area contributed by atoms with E-state index in [1.165, 1.54) is 10.8 Å². The fourth-order valence-corrected chi connectivity index (χ4v) is 2.88. The van der Waals surface area contributed by atoms with Gasteiger partial charge in [0, 0.05) is 5.56 Å². The monoisotopic (exact) mass is 319 g/mol. The number of nitrogens with one attached hydrogen (secondary N) is 1. The van der Waals surface area contributed by atoms with Gasteiger partial charge in [0.1, 0.15) is 0 Å². The summed E-state index contributed by atoms with van der Waals surface area (Å²) >= 11 is 0. The second-order valence-electron chi connectivity index (χ2n) is 5.87. The summed E-state index contributed by atoms with van der Waals surface area (Å²) in [6.07, 6.45) is 0. The molecular formula is C20H17NO3. The summed E-state index contributed by atoms with van der Waals surface area (Å²) in [5.41, 5.74) is 1.63. The van der Waals surface area contributed by atoms with Crippen LogP contribution in [-0.4, -0.2) is 12.7 Å². The van der Waals surface area contributed by atoms with Crippen LogP contribution in [0.25, 0.3) is 10.8 Å². The third-order valence-corrected chi connectivity index (χ3v) is 4.26. The molecule has 3 aromatic rings. The lowest BCUT2D eigenvalue weighted by molar-refractivity contribution is 0.0939. The van der Waals surface area contributed by atoms with Crippen molar-refractivity contribution in [2.45, 2.75) is 13.0 Å². The summed E-state index contributed by atoms with van der Waals surface area (Å²) in [6.45, 7) is 2.18. The summed E-state index contributed by atoms with van der Waals surface area (Å²) < 4.78 is 10.6. The molecule has 3 aromatic carbocycles. The quantitative estimate of drug-likeness (QED) is 0.792. The Balaban J connectivity index is 1.54. The minimum Gasteiger partial charge on any atom is -0.454 e. The van der Waals surface area contributed by atoms with Gasteiger partial charge in [-0.1, -0.05) is 36.4 Å². The molecule has 0 radical (unpaired) electrons. The van der Waals surface area contributed by atoms with E-state index in [-0.39, 0.29) is 18.7 Å². The molecule has 0 aliphatic carbocycles. The molecule has 0 saturated carbocycles. The van der Waals surface area contributed by atoms with Crippen molar-refractivity contribution >= 4 is 16.7 Å². The van der Waals surface area contributed by atoms with Crippen molar-refractivity contribution in [1.82, 2.24) is 5.32 Å². The van der Waals surface area contributed by atoms with Crippen LogP contribution in [0.5, 0.6) is 11.5 Å². The molecule has 4 nitrogen and oxygen atoms in total. The Labute approximate surface area is 140 Å². The molecule has 24 heavy (non-hydrogen) atoms. The standard InChI is InChI=1S/C20H17NO3/c1-13(15-7-6-14-4-2-3-5-16(14)10-15)21-20(22)17-8-9-18-19(11-17)24-12-23-18/h2-11,13H,12H2,1H3,(H,21,22). The first kappa shape index (κ1) is 14.6. The predicted molar refractivity (Wildman–Crippen MR) is 92.4 cm³/mol. The molecule has 4 heteroatoms. The van der Waals surface area contributed by atoms with Gasteiger partial charge in [-0.25, -0.2) is 0 Å². The number of hydrogen-bond acceptors (Lipinski definition) is 3. The smallest absolute Gasteiger partial charge is 0.251 e. The van der Waals surface area contributed by atoms with E-state index in [0.717, 1.165) is 5.56 Å². The van der Waals surface area contributed by atoms with Crippen LogP contribution in [0.1, 0.15) is 28.9 Å². The number of benzene rings is 3. The first-order chi connectivity index (χ1) is 11.7. The molecule has 1 amide bonds. The van der Waals surface area contributed by atoms with E-state index >= 15 is 0 Å². The van der Waals surface area contributed by atoms with E-state index in [0.29, 0.717) is 17.1 Å². The highest BCUT2D eigenvalue weighted by molar-refractivity contribution is 5.95. The third-order valence-electron chi connectivity index (χ3n) is 4.26. The molecule has 4 rings (SSSR count). The Kier molecular flexibility index (Phi) is 3.58. The topological polar surface area (TPSA) is 47.6 Å². The van der Waals surface area contributed by atoms with Crippen LogP contribution in [0.15, 0.2) is 60.7 Å². The fourth-order valence-electron chi connectivity index (χ4n) is 2.88. The van der Waals surface area contributed by atoms with Gasteiger partial charge in [0.15, 0.2) is 11.5 Å². The van der Waals surface area contributed by atoms with Gasteiger partial charge in [0.25, 0.3) is 5.91 Å². The lowest BCUT2D eigenvalue weighted by Crippen LogP contribution is -2.26. The highest BCUT2D eigenvalue weighted by Gasteiger charge is 2.17. The molecule has 0 saturated heterocycles. The number of carbonyl (C=O) groups is 1. The van der Waals surface area contributed by atoms with Crippen LogP contribution >= 0.6 is 0 Å². The first-order valence-electron chi connectivity index (χ1n) is 7.90. The fraction of sp³-hybridized carbons (Fsp3) is 0.150. The zero-order valence-electron chi connectivity index (χ0n) is 13.3. The van der Waals surface area contributed by atoms with Crippen molar-refractivity contribution in [2.24, 2.45) is 0 Å². The maximum absolute atomic E-state index is 12.5. The average Bonchev–Trinajstić information content (AvgIpc) is 3.08. The molecule has 1 aliphatic heterocycles. The zero-order chi connectivity index (χ0) is 16.5. The Morgan fingerprint density at radius 3 is 2.62 bits per heavy atom. The summed E-state index contributed by atoms with van der Waals surface area (Å²) in [4.78, 5) is 12.5. The second kappa shape index (κ2) is 5.89. The molecule has 0 spiro atoms. The molecule has 0 bridgehead atoms. The van der Waals surface area contributed by atoms with Gasteiger partial charge in [-0.2, -0.15) is 0 Å². The highest BCUT2D eigenvalue weighted by atomic mass is 16.7. The number of hydrogen-bond donors (Lipinski definition) is 1. The van der Waals surface area contributed by atoms with Crippen LogP contribution in [0.4, 0.5) is 0 Å². The van der Waals surface area contributed by atoms with Crippen LogP contribution in [0.2, 0.25) is 0 Å². The minimum absolute atomic E-state index is 0.0903. The van der Waals surface area contributed by atoms with Crippen LogP contribution < -0.4 is 14.8 Å². The molecule has 1 aliphatic rings. The van der Waals surface area contributed by atoms with Crippen molar-refractivity contribution in [1.29, 1.82) is 0 Å². The number of ether oxygens (including phenoxy) is 2. The van der Waals surface area contributed by atoms with Crippen LogP contribution in [0.3, 0.4) is 0 Å². The Bertz CT molecular complexity index is 920. The van der Waals surface area contributed by atoms with E-state index in [4.69, 9.17) is 9.47 Å². The van der Waals surface area contributed by atoms with Gasteiger partial charge in [0.05, 0.1) is 6.04 Å². The molecule has 1 heterocycles. The van der Waals surface area contributed by atoms with Crippen molar-refractivity contribution in [3.63, 3.8) is 0 Å². The molecular weight excluding hydrogens is 302 g/mol. The molecule has 1 unspecified atom stereocenters. The lowest BCUT2D eigenvalue weighted by Gasteiger charge is -2.15. The Hall–Kier alpha value is -3.01. The SMILES string of the molecule is CC(NC(=O)c1ccc2c(c1)OCO2)c1ccc2ccccc2c1. The highest BCUT2D eigenvalue weighted by Crippen LogP contribution is 2.32. The van der Waals surface area contributed by atoms with Crippen LogP contribution in [-0.2, 0) is 0 Å². The normalized spacial score (nSPS) is 13.7. The van der Waals surface area contributed by atoms with Gasteiger partial charge in [-0.3, -0.25) is 4.79 Å². The minimum atomic E-state index is -0.131. The Morgan fingerprint density at radius 1 is 0.958 bits per heavy atom. The second-order valence-corrected chi connectivity index (χ2v) is 5.87. The maximum Gasteiger partial charge on any atom is 0.251 e.